The zero-order valence-electron chi connectivity index (χ0n) is 11.4. The molecule has 0 aliphatic heterocycles. The fraction of sp³-hybridized carbons (Fsp3) is 0.462. The van der Waals surface area contributed by atoms with Crippen molar-refractivity contribution in [3.8, 4) is 0 Å². The van der Waals surface area contributed by atoms with E-state index in [4.69, 9.17) is 0 Å². The molecular formula is C13H17N3O4. The van der Waals surface area contributed by atoms with Gasteiger partial charge in [0.1, 0.15) is 5.69 Å². The number of nitrogens with zero attached hydrogens (tertiary/aromatic N) is 2. The SMILES string of the molecule is CN(C)C(=O)c1ccc(NC2CC(O)C2)c([N+](=O)[O-])c1. The van der Waals surface area contributed by atoms with Crippen molar-refractivity contribution in [1.29, 1.82) is 0 Å². The minimum atomic E-state index is -0.510. The minimum Gasteiger partial charge on any atom is -0.393 e. The molecule has 108 valence electrons. The van der Waals surface area contributed by atoms with Crippen molar-refractivity contribution in [1.82, 2.24) is 4.90 Å². The van der Waals surface area contributed by atoms with Crippen LogP contribution in [0.15, 0.2) is 18.2 Å². The number of carbonyl (C=O) groups excluding carboxylic acids is 1. The number of carbonyl (C=O) groups is 1. The highest BCUT2D eigenvalue weighted by atomic mass is 16.6. The maximum Gasteiger partial charge on any atom is 0.293 e. The highest BCUT2D eigenvalue weighted by molar-refractivity contribution is 5.95. The molecule has 0 radical (unpaired) electrons. The predicted octanol–water partition coefficient (Wildman–Crippen LogP) is 1.23. The van der Waals surface area contributed by atoms with Gasteiger partial charge >= 0.3 is 0 Å². The Balaban J connectivity index is 2.24. The van der Waals surface area contributed by atoms with Crippen LogP contribution in [0.1, 0.15) is 23.2 Å². The lowest BCUT2D eigenvalue weighted by Gasteiger charge is -2.32. The number of nitrogens with one attached hydrogen (secondary N) is 1. The molecule has 1 aliphatic rings. The molecule has 0 bridgehead atoms. The molecule has 1 aromatic rings. The summed E-state index contributed by atoms with van der Waals surface area (Å²) < 4.78 is 0. The summed E-state index contributed by atoms with van der Waals surface area (Å²) >= 11 is 0. The van der Waals surface area contributed by atoms with Crippen LogP contribution in [-0.4, -0.2) is 47.1 Å². The fourth-order valence-corrected chi connectivity index (χ4v) is 2.12. The van der Waals surface area contributed by atoms with Crippen LogP contribution in [0.3, 0.4) is 0 Å². The van der Waals surface area contributed by atoms with Crippen molar-refractivity contribution in [2.24, 2.45) is 0 Å². The van der Waals surface area contributed by atoms with Gasteiger partial charge < -0.3 is 15.3 Å². The first-order valence-electron chi connectivity index (χ1n) is 6.33. The molecule has 0 spiro atoms. The van der Waals surface area contributed by atoms with E-state index in [1.807, 2.05) is 0 Å². The molecule has 20 heavy (non-hydrogen) atoms. The standard InChI is InChI=1S/C13H17N3O4/c1-15(2)13(18)8-3-4-11(12(5-8)16(19)20)14-9-6-10(17)7-9/h3-5,9-10,14,17H,6-7H2,1-2H3. The van der Waals surface area contributed by atoms with Gasteiger partial charge in [0.15, 0.2) is 0 Å². The number of benzene rings is 1. The summed E-state index contributed by atoms with van der Waals surface area (Å²) in [5, 5.41) is 23.4. The number of hydrogen-bond donors (Lipinski definition) is 2. The van der Waals surface area contributed by atoms with E-state index < -0.39 is 4.92 Å². The maximum atomic E-state index is 11.8. The van der Waals surface area contributed by atoms with Crippen molar-refractivity contribution in [3.05, 3.63) is 33.9 Å². The minimum absolute atomic E-state index is 0.0408. The van der Waals surface area contributed by atoms with E-state index in [1.165, 1.54) is 11.0 Å². The lowest BCUT2D eigenvalue weighted by atomic mass is 9.89. The first kappa shape index (κ1) is 14.3. The van der Waals surface area contributed by atoms with Gasteiger partial charge in [-0.3, -0.25) is 14.9 Å². The molecule has 7 heteroatoms. The number of nitro benzene ring substituents is 1. The third-order valence-electron chi connectivity index (χ3n) is 3.32. The van der Waals surface area contributed by atoms with Crippen LogP contribution in [-0.2, 0) is 0 Å². The third-order valence-corrected chi connectivity index (χ3v) is 3.32. The first-order valence-corrected chi connectivity index (χ1v) is 6.33. The summed E-state index contributed by atoms with van der Waals surface area (Å²) in [6, 6.07) is 4.42. The Labute approximate surface area is 116 Å². The van der Waals surface area contributed by atoms with Crippen LogP contribution >= 0.6 is 0 Å². The van der Waals surface area contributed by atoms with Gasteiger partial charge in [0, 0.05) is 31.8 Å². The summed E-state index contributed by atoms with van der Waals surface area (Å²) in [6.07, 6.45) is 0.826. The molecule has 1 fully saturated rings. The molecule has 1 amide bonds. The molecule has 7 nitrogen and oxygen atoms in total. The number of rotatable bonds is 4. The van der Waals surface area contributed by atoms with E-state index in [9.17, 15) is 20.0 Å². The smallest absolute Gasteiger partial charge is 0.293 e. The first-order chi connectivity index (χ1) is 9.38. The fourth-order valence-electron chi connectivity index (χ4n) is 2.12. The Morgan fingerprint density at radius 1 is 1.45 bits per heavy atom. The summed E-state index contributed by atoms with van der Waals surface area (Å²) in [6.45, 7) is 0. The number of anilines is 1. The van der Waals surface area contributed by atoms with Crippen molar-refractivity contribution >= 4 is 17.3 Å². The Morgan fingerprint density at radius 3 is 2.60 bits per heavy atom. The zero-order chi connectivity index (χ0) is 14.9. The molecule has 2 rings (SSSR count). The summed E-state index contributed by atoms with van der Waals surface area (Å²) in [7, 11) is 3.19. The van der Waals surface area contributed by atoms with Gasteiger partial charge in [0.05, 0.1) is 11.0 Å². The van der Waals surface area contributed by atoms with Crippen molar-refractivity contribution in [2.45, 2.75) is 25.0 Å². The van der Waals surface area contributed by atoms with Gasteiger partial charge in [0.25, 0.3) is 11.6 Å². The van der Waals surface area contributed by atoms with Crippen LogP contribution < -0.4 is 5.32 Å². The van der Waals surface area contributed by atoms with Crippen LogP contribution in [0.5, 0.6) is 0 Å². The Kier molecular flexibility index (Phi) is 3.89. The van der Waals surface area contributed by atoms with Crippen molar-refractivity contribution in [2.75, 3.05) is 19.4 Å². The van der Waals surface area contributed by atoms with Crippen LogP contribution in [0.2, 0.25) is 0 Å². The van der Waals surface area contributed by atoms with Gasteiger partial charge in [-0.2, -0.15) is 0 Å². The van der Waals surface area contributed by atoms with E-state index in [0.717, 1.165) is 0 Å². The van der Waals surface area contributed by atoms with Crippen molar-refractivity contribution < 1.29 is 14.8 Å². The van der Waals surface area contributed by atoms with E-state index in [2.05, 4.69) is 5.32 Å². The highest BCUT2D eigenvalue weighted by Crippen LogP contribution is 2.30. The molecule has 1 saturated carbocycles. The normalized spacial score (nSPS) is 20.9. The quantitative estimate of drug-likeness (QED) is 0.638. The predicted molar refractivity (Wildman–Crippen MR) is 73.8 cm³/mol. The summed E-state index contributed by atoms with van der Waals surface area (Å²) in [5.74, 6) is -0.279. The monoisotopic (exact) mass is 279 g/mol. The number of nitro groups is 1. The van der Waals surface area contributed by atoms with Crippen LogP contribution in [0, 0.1) is 10.1 Å². The van der Waals surface area contributed by atoms with E-state index in [0.29, 0.717) is 18.5 Å². The van der Waals surface area contributed by atoms with E-state index in [1.54, 1.807) is 26.2 Å². The molecule has 0 unspecified atom stereocenters. The average molecular weight is 279 g/mol. The largest absolute Gasteiger partial charge is 0.393 e. The van der Waals surface area contributed by atoms with Crippen LogP contribution in [0.4, 0.5) is 11.4 Å². The zero-order valence-corrected chi connectivity index (χ0v) is 11.4. The second-order valence-electron chi connectivity index (χ2n) is 5.16. The van der Waals surface area contributed by atoms with Gasteiger partial charge in [0.2, 0.25) is 0 Å². The molecule has 0 saturated heterocycles. The van der Waals surface area contributed by atoms with Gasteiger partial charge in [-0.25, -0.2) is 0 Å². The lowest BCUT2D eigenvalue weighted by Crippen LogP contribution is -2.39. The Hall–Kier alpha value is -2.15. The third kappa shape index (κ3) is 2.88. The van der Waals surface area contributed by atoms with Crippen LogP contribution in [0.25, 0.3) is 0 Å². The number of aliphatic hydroxyl groups is 1. The molecule has 0 heterocycles. The van der Waals surface area contributed by atoms with E-state index >= 15 is 0 Å². The summed E-state index contributed by atoms with van der Waals surface area (Å²) in [4.78, 5) is 23.8. The second-order valence-corrected chi connectivity index (χ2v) is 5.16. The lowest BCUT2D eigenvalue weighted by molar-refractivity contribution is -0.384. The molecule has 1 aliphatic carbocycles. The number of amides is 1. The maximum absolute atomic E-state index is 11.8. The second kappa shape index (κ2) is 5.46. The topological polar surface area (TPSA) is 95.7 Å². The van der Waals surface area contributed by atoms with Gasteiger partial charge in [-0.1, -0.05) is 0 Å². The van der Waals surface area contributed by atoms with E-state index in [-0.39, 0.29) is 29.3 Å². The molecule has 0 aromatic heterocycles. The van der Waals surface area contributed by atoms with Crippen molar-refractivity contribution in [3.63, 3.8) is 0 Å². The average Bonchev–Trinajstić information content (AvgIpc) is 2.36. The Morgan fingerprint density at radius 2 is 2.10 bits per heavy atom. The Bertz CT molecular complexity index is 538. The van der Waals surface area contributed by atoms with Gasteiger partial charge in [-0.15, -0.1) is 0 Å². The molecular weight excluding hydrogens is 262 g/mol. The summed E-state index contributed by atoms with van der Waals surface area (Å²) in [5.41, 5.74) is 0.530. The molecule has 0 atom stereocenters. The number of aliphatic hydroxyl groups excluding tert-OH is 1. The molecule has 1 aromatic carbocycles. The highest BCUT2D eigenvalue weighted by Gasteiger charge is 2.29. The van der Waals surface area contributed by atoms with Gasteiger partial charge in [-0.05, 0) is 25.0 Å². The molecule has 2 N–H and O–H groups in total. The number of hydrogen-bond acceptors (Lipinski definition) is 5.